The molecule has 1 N–H and O–H groups in total. The number of aromatic amines is 1. The van der Waals surface area contributed by atoms with Gasteiger partial charge in [0.05, 0.1) is 16.3 Å². The average Bonchev–Trinajstić information content (AvgIpc) is 2.79. The van der Waals surface area contributed by atoms with Gasteiger partial charge in [0, 0.05) is 42.9 Å². The lowest BCUT2D eigenvalue weighted by Crippen LogP contribution is -2.38. The molecular formula is C22H20F3N3O5S. The number of fused-ring (bicyclic) bond motifs is 1. The smallest absolute Gasteiger partial charge is 0.406 e. The van der Waals surface area contributed by atoms with Crippen molar-refractivity contribution in [1.29, 1.82) is 0 Å². The van der Waals surface area contributed by atoms with E-state index in [1.54, 1.807) is 18.2 Å². The highest BCUT2D eigenvalue weighted by molar-refractivity contribution is 7.89. The molecule has 0 saturated carbocycles. The largest absolute Gasteiger partial charge is 0.573 e. The van der Waals surface area contributed by atoms with Crippen molar-refractivity contribution in [1.82, 2.24) is 9.29 Å². The van der Waals surface area contributed by atoms with Crippen LogP contribution in [0.25, 0.3) is 10.9 Å². The highest BCUT2D eigenvalue weighted by Crippen LogP contribution is 2.26. The van der Waals surface area contributed by atoms with E-state index >= 15 is 0 Å². The van der Waals surface area contributed by atoms with Gasteiger partial charge in [-0.15, -0.1) is 13.2 Å². The monoisotopic (exact) mass is 495 g/mol. The highest BCUT2D eigenvalue weighted by atomic mass is 32.2. The average molecular weight is 495 g/mol. The molecule has 0 spiro atoms. The molecule has 180 valence electrons. The number of H-pyrrole nitrogens is 1. The highest BCUT2D eigenvalue weighted by Gasteiger charge is 2.32. The number of alkyl halides is 3. The third kappa shape index (κ3) is 5.57. The minimum atomic E-state index is -4.85. The molecule has 0 radical (unpaired) electrons. The molecule has 8 nitrogen and oxygen atoms in total. The van der Waals surface area contributed by atoms with Crippen LogP contribution in [0.1, 0.15) is 18.5 Å². The van der Waals surface area contributed by atoms with Crippen LogP contribution < -0.4 is 10.2 Å². The molecule has 2 heterocycles. The van der Waals surface area contributed by atoms with Crippen LogP contribution in [0.5, 0.6) is 5.75 Å². The van der Waals surface area contributed by atoms with Gasteiger partial charge in [-0.05, 0) is 36.4 Å². The molecule has 2 aromatic carbocycles. The maximum absolute atomic E-state index is 12.8. The van der Waals surface area contributed by atoms with Crippen molar-refractivity contribution in [3.05, 3.63) is 70.5 Å². The van der Waals surface area contributed by atoms with Gasteiger partial charge in [-0.2, -0.15) is 4.31 Å². The molecule has 3 aromatic rings. The molecule has 1 saturated heterocycles. The van der Waals surface area contributed by atoms with E-state index in [0.717, 1.165) is 24.3 Å². The number of halogens is 3. The van der Waals surface area contributed by atoms with Gasteiger partial charge < -0.3 is 14.6 Å². The molecule has 0 unspecified atom stereocenters. The molecule has 0 atom stereocenters. The number of pyridine rings is 1. The van der Waals surface area contributed by atoms with Crippen molar-refractivity contribution >= 4 is 26.6 Å². The Kier molecular flexibility index (Phi) is 6.62. The SMILES string of the molecule is O=c1cc(CON=C2CCN(S(=O)(=O)c3ccc(OC(F)(F)F)cc3)CC2)[nH]c2ccccc12. The second kappa shape index (κ2) is 9.47. The van der Waals surface area contributed by atoms with Crippen LogP contribution >= 0.6 is 0 Å². The number of nitrogens with zero attached hydrogens (tertiary/aromatic N) is 2. The van der Waals surface area contributed by atoms with Gasteiger partial charge in [0.15, 0.2) is 12.0 Å². The fraction of sp³-hybridized carbons (Fsp3) is 0.273. The maximum Gasteiger partial charge on any atom is 0.573 e. The Hall–Kier alpha value is -3.38. The zero-order chi connectivity index (χ0) is 24.3. The van der Waals surface area contributed by atoms with Gasteiger partial charge >= 0.3 is 6.36 Å². The molecule has 0 bridgehead atoms. The number of benzene rings is 2. The summed E-state index contributed by atoms with van der Waals surface area (Å²) in [6.45, 7) is 0.355. The molecule has 12 heteroatoms. The molecular weight excluding hydrogens is 475 g/mol. The Labute approximate surface area is 192 Å². The van der Waals surface area contributed by atoms with E-state index in [1.807, 2.05) is 6.07 Å². The van der Waals surface area contributed by atoms with Crippen molar-refractivity contribution < 1.29 is 31.2 Å². The first-order valence-electron chi connectivity index (χ1n) is 10.3. The molecule has 0 amide bonds. The van der Waals surface area contributed by atoms with E-state index < -0.39 is 22.1 Å². The van der Waals surface area contributed by atoms with E-state index in [1.165, 1.54) is 10.4 Å². The summed E-state index contributed by atoms with van der Waals surface area (Å²) in [6, 6.07) is 12.6. The fourth-order valence-electron chi connectivity index (χ4n) is 3.56. The van der Waals surface area contributed by atoms with Gasteiger partial charge in [0.2, 0.25) is 10.0 Å². The summed E-state index contributed by atoms with van der Waals surface area (Å²) in [7, 11) is -3.87. The summed E-state index contributed by atoms with van der Waals surface area (Å²) >= 11 is 0. The number of nitrogens with one attached hydrogen (secondary N) is 1. The zero-order valence-electron chi connectivity index (χ0n) is 17.7. The lowest BCUT2D eigenvalue weighted by molar-refractivity contribution is -0.274. The number of oxime groups is 1. The number of ether oxygens (including phenoxy) is 1. The van der Waals surface area contributed by atoms with Gasteiger partial charge in [0.25, 0.3) is 0 Å². The summed E-state index contributed by atoms with van der Waals surface area (Å²) in [6.07, 6.45) is -4.18. The Balaban J connectivity index is 1.34. The first kappa shape index (κ1) is 23.8. The maximum atomic E-state index is 12.8. The lowest BCUT2D eigenvalue weighted by atomic mass is 10.1. The van der Waals surface area contributed by atoms with Gasteiger partial charge in [-0.25, -0.2) is 8.42 Å². The summed E-state index contributed by atoms with van der Waals surface area (Å²) in [5.41, 5.74) is 1.80. The number of hydrogen-bond donors (Lipinski definition) is 1. The van der Waals surface area contributed by atoms with Gasteiger partial charge in [-0.1, -0.05) is 17.3 Å². The summed E-state index contributed by atoms with van der Waals surface area (Å²) in [5, 5.41) is 4.65. The molecule has 1 aliphatic heterocycles. The van der Waals surface area contributed by atoms with Crippen LogP contribution in [-0.4, -0.2) is 42.9 Å². The zero-order valence-corrected chi connectivity index (χ0v) is 18.5. The first-order chi connectivity index (χ1) is 16.1. The molecule has 4 rings (SSSR count). The summed E-state index contributed by atoms with van der Waals surface area (Å²) in [4.78, 5) is 20.5. The Morgan fingerprint density at radius 2 is 1.71 bits per heavy atom. The number of hydrogen-bond acceptors (Lipinski definition) is 6. The predicted octanol–water partition coefficient (Wildman–Crippen LogP) is 3.78. The van der Waals surface area contributed by atoms with Crippen LogP contribution in [0.15, 0.2) is 69.4 Å². The van der Waals surface area contributed by atoms with E-state index in [2.05, 4.69) is 14.9 Å². The van der Waals surface area contributed by atoms with Crippen LogP contribution in [0.2, 0.25) is 0 Å². The van der Waals surface area contributed by atoms with Gasteiger partial charge in [0.1, 0.15) is 5.75 Å². The van der Waals surface area contributed by atoms with Crippen molar-refractivity contribution in [3.63, 3.8) is 0 Å². The number of piperidine rings is 1. The predicted molar refractivity (Wildman–Crippen MR) is 118 cm³/mol. The minimum Gasteiger partial charge on any atom is -0.406 e. The normalized spacial score (nSPS) is 15.3. The molecule has 0 aliphatic carbocycles. The van der Waals surface area contributed by atoms with Crippen LogP contribution in [-0.2, 0) is 21.5 Å². The Morgan fingerprint density at radius 1 is 1.03 bits per heavy atom. The quantitative estimate of drug-likeness (QED) is 0.525. The molecule has 1 aromatic heterocycles. The molecule has 34 heavy (non-hydrogen) atoms. The van der Waals surface area contributed by atoms with Crippen molar-refractivity contribution in [3.8, 4) is 5.75 Å². The second-order valence-electron chi connectivity index (χ2n) is 7.56. The van der Waals surface area contributed by atoms with Crippen LogP contribution in [0, 0.1) is 0 Å². The van der Waals surface area contributed by atoms with E-state index in [-0.39, 0.29) is 30.0 Å². The Bertz CT molecular complexity index is 1360. The van der Waals surface area contributed by atoms with Crippen LogP contribution in [0.4, 0.5) is 13.2 Å². The summed E-state index contributed by atoms with van der Waals surface area (Å²) in [5.74, 6) is -0.496. The fourth-order valence-corrected chi connectivity index (χ4v) is 5.00. The number of rotatable bonds is 6. The third-order valence-electron chi connectivity index (χ3n) is 5.20. The van der Waals surface area contributed by atoms with Gasteiger partial charge in [-0.3, -0.25) is 4.79 Å². The molecule has 1 aliphatic rings. The van der Waals surface area contributed by atoms with Crippen LogP contribution in [0.3, 0.4) is 0 Å². The number of para-hydroxylation sites is 1. The van der Waals surface area contributed by atoms with E-state index in [0.29, 0.717) is 35.2 Å². The molecule has 1 fully saturated rings. The first-order valence-corrected chi connectivity index (χ1v) is 11.7. The lowest BCUT2D eigenvalue weighted by Gasteiger charge is -2.26. The third-order valence-corrected chi connectivity index (χ3v) is 7.11. The van der Waals surface area contributed by atoms with Crippen molar-refractivity contribution in [2.45, 2.75) is 30.7 Å². The summed E-state index contributed by atoms with van der Waals surface area (Å²) < 4.78 is 67.4. The second-order valence-corrected chi connectivity index (χ2v) is 9.50. The number of aromatic nitrogens is 1. The Morgan fingerprint density at radius 3 is 2.38 bits per heavy atom. The van der Waals surface area contributed by atoms with E-state index in [9.17, 15) is 26.4 Å². The van der Waals surface area contributed by atoms with Crippen molar-refractivity contribution in [2.24, 2.45) is 5.16 Å². The standard InChI is InChI=1S/C22H20F3N3O5S/c23-22(24,25)33-17-5-7-18(8-6-17)34(30,31)28-11-9-15(10-12-28)27-32-14-16-13-21(29)19-3-1-2-4-20(19)26-16/h1-8,13H,9-12,14H2,(H,26,29). The van der Waals surface area contributed by atoms with Crippen molar-refractivity contribution in [2.75, 3.05) is 13.1 Å². The topological polar surface area (TPSA) is 101 Å². The number of sulfonamides is 1. The van der Waals surface area contributed by atoms with E-state index in [4.69, 9.17) is 4.84 Å². The minimum absolute atomic E-state index is 0.0535.